The number of likely N-dealkylation sites (tertiary alicyclic amines) is 1. The first-order valence-corrected chi connectivity index (χ1v) is 7.08. The summed E-state index contributed by atoms with van der Waals surface area (Å²) in [6, 6.07) is -0.969. The molecule has 0 aromatic carbocycles. The summed E-state index contributed by atoms with van der Waals surface area (Å²) in [6.07, 6.45) is 4.06. The molecule has 20 heavy (non-hydrogen) atoms. The van der Waals surface area contributed by atoms with Gasteiger partial charge in [0.25, 0.3) is 0 Å². The molecule has 2 rings (SSSR count). The van der Waals surface area contributed by atoms with Crippen LogP contribution in [0.4, 0.5) is 4.79 Å². The van der Waals surface area contributed by atoms with Gasteiger partial charge in [-0.25, -0.2) is 4.79 Å². The van der Waals surface area contributed by atoms with Gasteiger partial charge in [0.1, 0.15) is 6.04 Å². The number of carbonyl (C=O) groups is 3. The van der Waals surface area contributed by atoms with Gasteiger partial charge in [0.2, 0.25) is 5.91 Å². The number of aliphatic carboxylic acids is 1. The minimum atomic E-state index is -0.810. The monoisotopic (exact) mass is 283 g/mol. The zero-order valence-electron chi connectivity index (χ0n) is 11.4. The lowest BCUT2D eigenvalue weighted by molar-refractivity contribution is -0.141. The average Bonchev–Trinajstić information content (AvgIpc) is 2.87. The van der Waals surface area contributed by atoms with Gasteiger partial charge in [-0.05, 0) is 38.5 Å². The highest BCUT2D eigenvalue weighted by Gasteiger charge is 2.34. The summed E-state index contributed by atoms with van der Waals surface area (Å²) in [5, 5.41) is 11.8. The maximum absolute atomic E-state index is 12.2. The third-order valence-electron chi connectivity index (χ3n) is 4.20. The van der Waals surface area contributed by atoms with E-state index in [4.69, 9.17) is 10.8 Å². The van der Waals surface area contributed by atoms with Crippen LogP contribution in [-0.2, 0) is 9.59 Å². The third-order valence-corrected chi connectivity index (χ3v) is 4.20. The standard InChI is InChI=1S/C13H21N3O4/c14-11(17)10-3-1-2-6-16(10)13(20)15-9-5-4-8(7-9)12(18)19/h8-10H,1-7H2,(H2,14,17)(H,15,20)(H,18,19)/t8-,9+,10?/m1/s1. The van der Waals surface area contributed by atoms with Crippen LogP contribution in [0.5, 0.6) is 0 Å². The zero-order chi connectivity index (χ0) is 14.7. The summed E-state index contributed by atoms with van der Waals surface area (Å²) in [7, 11) is 0. The number of nitrogens with two attached hydrogens (primary N) is 1. The van der Waals surface area contributed by atoms with Crippen LogP contribution in [0.3, 0.4) is 0 Å². The smallest absolute Gasteiger partial charge is 0.318 e. The number of carboxylic acids is 1. The van der Waals surface area contributed by atoms with Crippen molar-refractivity contribution >= 4 is 17.9 Å². The second-order valence-corrected chi connectivity index (χ2v) is 5.60. The third kappa shape index (κ3) is 3.20. The second kappa shape index (κ2) is 6.11. The van der Waals surface area contributed by atoms with E-state index in [0.717, 1.165) is 12.8 Å². The summed E-state index contributed by atoms with van der Waals surface area (Å²) in [5.74, 6) is -1.67. The fraction of sp³-hybridized carbons (Fsp3) is 0.769. The minimum absolute atomic E-state index is 0.126. The van der Waals surface area contributed by atoms with Crippen LogP contribution < -0.4 is 11.1 Å². The lowest BCUT2D eigenvalue weighted by atomic mass is 10.0. The van der Waals surface area contributed by atoms with Crippen molar-refractivity contribution in [1.29, 1.82) is 0 Å². The SMILES string of the molecule is NC(=O)C1CCCCN1C(=O)N[C@H]1CC[C@@H](C(=O)O)C1. The van der Waals surface area contributed by atoms with Gasteiger partial charge in [0.15, 0.2) is 0 Å². The molecule has 3 atom stereocenters. The molecule has 3 amide bonds. The highest BCUT2D eigenvalue weighted by molar-refractivity contribution is 5.86. The van der Waals surface area contributed by atoms with Crippen LogP contribution in [0.25, 0.3) is 0 Å². The molecule has 0 aromatic rings. The van der Waals surface area contributed by atoms with Crippen molar-refractivity contribution in [2.75, 3.05) is 6.54 Å². The van der Waals surface area contributed by atoms with Crippen molar-refractivity contribution in [3.63, 3.8) is 0 Å². The Hall–Kier alpha value is -1.79. The van der Waals surface area contributed by atoms with Crippen molar-refractivity contribution in [1.82, 2.24) is 10.2 Å². The number of rotatable bonds is 3. The van der Waals surface area contributed by atoms with Gasteiger partial charge >= 0.3 is 12.0 Å². The van der Waals surface area contributed by atoms with Gasteiger partial charge in [-0.2, -0.15) is 0 Å². The average molecular weight is 283 g/mol. The number of carboxylic acid groups (broad SMARTS) is 1. The molecule has 0 spiro atoms. The molecule has 0 radical (unpaired) electrons. The molecule has 1 aliphatic carbocycles. The first-order valence-electron chi connectivity index (χ1n) is 7.08. The van der Waals surface area contributed by atoms with Crippen molar-refractivity contribution < 1.29 is 19.5 Å². The molecule has 1 aliphatic heterocycles. The fourth-order valence-electron chi connectivity index (χ4n) is 3.06. The van der Waals surface area contributed by atoms with Crippen LogP contribution in [-0.4, -0.2) is 46.5 Å². The van der Waals surface area contributed by atoms with Crippen LogP contribution in [0, 0.1) is 5.92 Å². The van der Waals surface area contributed by atoms with Gasteiger partial charge in [-0.1, -0.05) is 0 Å². The highest BCUT2D eigenvalue weighted by atomic mass is 16.4. The van der Waals surface area contributed by atoms with Crippen molar-refractivity contribution in [3.05, 3.63) is 0 Å². The molecule has 2 aliphatic rings. The Morgan fingerprint density at radius 3 is 2.50 bits per heavy atom. The van der Waals surface area contributed by atoms with Crippen molar-refractivity contribution in [2.45, 2.75) is 50.6 Å². The van der Waals surface area contributed by atoms with Crippen LogP contribution in [0.15, 0.2) is 0 Å². The number of primary amides is 1. The molecule has 112 valence electrons. The lowest BCUT2D eigenvalue weighted by Gasteiger charge is -2.34. The summed E-state index contributed by atoms with van der Waals surface area (Å²) >= 11 is 0. The molecular weight excluding hydrogens is 262 g/mol. The lowest BCUT2D eigenvalue weighted by Crippen LogP contribution is -2.55. The Bertz CT molecular complexity index is 412. The molecule has 1 heterocycles. The van der Waals surface area contributed by atoms with E-state index >= 15 is 0 Å². The molecule has 1 unspecified atom stereocenters. The van der Waals surface area contributed by atoms with Gasteiger partial charge in [-0.3, -0.25) is 9.59 Å². The molecule has 4 N–H and O–H groups in total. The Kier molecular flexibility index (Phi) is 4.46. The predicted octanol–water partition coefficient (Wildman–Crippen LogP) is 0.289. The van der Waals surface area contributed by atoms with Crippen molar-refractivity contribution in [3.8, 4) is 0 Å². The van der Waals surface area contributed by atoms with Gasteiger partial charge in [0.05, 0.1) is 5.92 Å². The molecule has 2 fully saturated rings. The first-order chi connectivity index (χ1) is 9.49. The van der Waals surface area contributed by atoms with Crippen LogP contribution in [0.1, 0.15) is 38.5 Å². The van der Waals surface area contributed by atoms with E-state index in [-0.39, 0.29) is 18.0 Å². The van der Waals surface area contributed by atoms with Crippen LogP contribution in [0.2, 0.25) is 0 Å². The molecule has 1 saturated heterocycles. The summed E-state index contributed by atoms with van der Waals surface area (Å²) < 4.78 is 0. The number of amides is 3. The molecule has 0 bridgehead atoms. The van der Waals surface area contributed by atoms with E-state index in [1.807, 2.05) is 0 Å². The number of piperidine rings is 1. The first kappa shape index (κ1) is 14.6. The van der Waals surface area contributed by atoms with Crippen molar-refractivity contribution in [2.24, 2.45) is 11.7 Å². The quantitative estimate of drug-likeness (QED) is 0.690. The normalized spacial score (nSPS) is 30.0. The molecule has 1 saturated carbocycles. The largest absolute Gasteiger partial charge is 0.481 e. The predicted molar refractivity (Wildman–Crippen MR) is 70.8 cm³/mol. The maximum Gasteiger partial charge on any atom is 0.318 e. The molecule has 0 aromatic heterocycles. The number of urea groups is 1. The molecule has 7 nitrogen and oxygen atoms in total. The van der Waals surface area contributed by atoms with E-state index in [2.05, 4.69) is 5.32 Å². The maximum atomic E-state index is 12.2. The Morgan fingerprint density at radius 2 is 1.90 bits per heavy atom. The number of carbonyl (C=O) groups excluding carboxylic acids is 2. The second-order valence-electron chi connectivity index (χ2n) is 5.60. The van der Waals surface area contributed by atoms with E-state index in [1.165, 1.54) is 4.90 Å². The topological polar surface area (TPSA) is 113 Å². The number of hydrogen-bond donors (Lipinski definition) is 3. The van der Waals surface area contributed by atoms with Gasteiger partial charge < -0.3 is 21.1 Å². The van der Waals surface area contributed by atoms with E-state index in [1.54, 1.807) is 0 Å². The number of nitrogens with one attached hydrogen (secondary N) is 1. The van der Waals surface area contributed by atoms with Crippen LogP contribution >= 0.6 is 0 Å². The highest BCUT2D eigenvalue weighted by Crippen LogP contribution is 2.26. The van der Waals surface area contributed by atoms with Gasteiger partial charge in [-0.15, -0.1) is 0 Å². The van der Waals surface area contributed by atoms with E-state index in [9.17, 15) is 14.4 Å². The molecular formula is C13H21N3O4. The summed E-state index contributed by atoms with van der Waals surface area (Å²) in [4.78, 5) is 36.0. The van der Waals surface area contributed by atoms with Gasteiger partial charge in [0, 0.05) is 12.6 Å². The van der Waals surface area contributed by atoms with E-state index < -0.39 is 17.9 Å². The number of hydrogen-bond acceptors (Lipinski definition) is 3. The minimum Gasteiger partial charge on any atom is -0.481 e. The Balaban J connectivity index is 1.91. The van der Waals surface area contributed by atoms with E-state index in [0.29, 0.717) is 32.2 Å². The summed E-state index contributed by atoms with van der Waals surface area (Å²) in [5.41, 5.74) is 5.33. The fourth-order valence-corrected chi connectivity index (χ4v) is 3.06. The Labute approximate surface area is 117 Å². The number of nitrogens with zero attached hydrogens (tertiary/aromatic N) is 1. The summed E-state index contributed by atoms with van der Waals surface area (Å²) in [6.45, 7) is 0.522. The Morgan fingerprint density at radius 1 is 1.15 bits per heavy atom. The zero-order valence-corrected chi connectivity index (χ0v) is 11.4. The molecule has 7 heteroatoms.